The molecule has 24 heavy (non-hydrogen) atoms. The summed E-state index contributed by atoms with van der Waals surface area (Å²) in [5.74, 6) is 0.939. The van der Waals surface area contributed by atoms with Crippen LogP contribution in [0.1, 0.15) is 35.8 Å². The molecule has 1 aliphatic rings. The van der Waals surface area contributed by atoms with E-state index >= 15 is 0 Å². The molecule has 0 fully saturated rings. The Morgan fingerprint density at radius 2 is 2.00 bits per heavy atom. The van der Waals surface area contributed by atoms with Crippen LogP contribution in [0.2, 0.25) is 0 Å². The minimum Gasteiger partial charge on any atom is -0.337 e. The molecule has 6 nitrogen and oxygen atoms in total. The van der Waals surface area contributed by atoms with Gasteiger partial charge in [-0.2, -0.15) is 4.98 Å². The molecule has 4 rings (SSSR count). The third kappa shape index (κ3) is 2.50. The van der Waals surface area contributed by atoms with Gasteiger partial charge in [-0.1, -0.05) is 29.4 Å². The highest BCUT2D eigenvalue weighted by Gasteiger charge is 2.18. The van der Waals surface area contributed by atoms with Crippen LogP contribution < -0.4 is 10.6 Å². The molecule has 0 aliphatic heterocycles. The first-order valence-corrected chi connectivity index (χ1v) is 8.03. The molecule has 0 spiro atoms. The zero-order valence-corrected chi connectivity index (χ0v) is 13.6. The molecule has 1 atom stereocenters. The van der Waals surface area contributed by atoms with Gasteiger partial charge >= 0.3 is 6.03 Å². The highest BCUT2D eigenvalue weighted by molar-refractivity contribution is 6.04. The summed E-state index contributed by atoms with van der Waals surface area (Å²) in [6.07, 6.45) is 2.13. The molecule has 2 aromatic carbocycles. The number of rotatable bonds is 3. The summed E-state index contributed by atoms with van der Waals surface area (Å²) >= 11 is 0. The monoisotopic (exact) mass is 322 g/mol. The standard InChI is InChI=1S/C18H18N4O2/c1-10(17-20-11(2)22-24-17)19-18(23)21-15-9-8-13-7-6-12-4-3-5-14(15)16(12)13/h3-5,8-10H,6-7H2,1-2H3,(H2,19,21,23)/t10-/m0/s1. The highest BCUT2D eigenvalue weighted by atomic mass is 16.5. The number of carbonyl (C=O) groups excluding carboxylic acids is 1. The first-order valence-electron chi connectivity index (χ1n) is 8.03. The SMILES string of the molecule is Cc1noc([C@H](C)NC(=O)Nc2ccc3c4c(cccc24)CC3)n1. The van der Waals surface area contributed by atoms with Gasteiger partial charge in [0.1, 0.15) is 6.04 Å². The molecule has 0 saturated heterocycles. The molecule has 1 aliphatic carbocycles. The molecule has 2 amide bonds. The molecule has 6 heteroatoms. The Morgan fingerprint density at radius 3 is 2.75 bits per heavy atom. The zero-order chi connectivity index (χ0) is 16.7. The molecule has 1 aromatic heterocycles. The minimum absolute atomic E-state index is 0.294. The van der Waals surface area contributed by atoms with Gasteiger partial charge in [-0.3, -0.25) is 0 Å². The summed E-state index contributed by atoms with van der Waals surface area (Å²) in [5.41, 5.74) is 3.51. The Bertz CT molecular complexity index is 922. The van der Waals surface area contributed by atoms with E-state index in [1.54, 1.807) is 13.8 Å². The number of aromatic nitrogens is 2. The minimum atomic E-state index is -0.358. The second-order valence-corrected chi connectivity index (χ2v) is 6.11. The van der Waals surface area contributed by atoms with E-state index in [4.69, 9.17) is 4.52 Å². The highest BCUT2D eigenvalue weighted by Crippen LogP contribution is 2.34. The first-order chi connectivity index (χ1) is 11.6. The first kappa shape index (κ1) is 14.7. The van der Waals surface area contributed by atoms with Crippen molar-refractivity contribution in [3.8, 4) is 0 Å². The van der Waals surface area contributed by atoms with Gasteiger partial charge in [0.05, 0.1) is 5.69 Å². The fourth-order valence-corrected chi connectivity index (χ4v) is 3.26. The number of nitrogens with one attached hydrogen (secondary N) is 2. The molecular weight excluding hydrogens is 304 g/mol. The van der Waals surface area contributed by atoms with E-state index in [1.165, 1.54) is 16.5 Å². The lowest BCUT2D eigenvalue weighted by atomic mass is 10.0. The van der Waals surface area contributed by atoms with Crippen LogP contribution in [0, 0.1) is 6.92 Å². The number of amides is 2. The summed E-state index contributed by atoms with van der Waals surface area (Å²) in [6.45, 7) is 3.55. The maximum Gasteiger partial charge on any atom is 0.319 e. The average Bonchev–Trinajstić information content (AvgIpc) is 3.18. The molecule has 0 radical (unpaired) electrons. The molecule has 122 valence electrons. The number of aryl methyl sites for hydroxylation is 3. The van der Waals surface area contributed by atoms with Crippen molar-refractivity contribution in [2.75, 3.05) is 5.32 Å². The Morgan fingerprint density at radius 1 is 1.21 bits per heavy atom. The summed E-state index contributed by atoms with van der Waals surface area (Å²) in [5, 5.41) is 11.9. The van der Waals surface area contributed by atoms with E-state index in [0.717, 1.165) is 23.9 Å². The van der Waals surface area contributed by atoms with Crippen molar-refractivity contribution in [3.63, 3.8) is 0 Å². The smallest absolute Gasteiger partial charge is 0.319 e. The van der Waals surface area contributed by atoms with Crippen LogP contribution >= 0.6 is 0 Å². The van der Waals surface area contributed by atoms with E-state index in [-0.39, 0.29) is 12.1 Å². The van der Waals surface area contributed by atoms with Crippen molar-refractivity contribution in [1.29, 1.82) is 0 Å². The van der Waals surface area contributed by atoms with Gasteiger partial charge in [0.15, 0.2) is 5.82 Å². The van der Waals surface area contributed by atoms with Crippen molar-refractivity contribution >= 4 is 22.5 Å². The summed E-state index contributed by atoms with van der Waals surface area (Å²) in [7, 11) is 0. The van der Waals surface area contributed by atoms with E-state index in [2.05, 4.69) is 32.9 Å². The average molecular weight is 322 g/mol. The number of benzene rings is 2. The summed E-state index contributed by atoms with van der Waals surface area (Å²) < 4.78 is 5.08. The summed E-state index contributed by atoms with van der Waals surface area (Å²) in [4.78, 5) is 16.5. The van der Waals surface area contributed by atoms with Gasteiger partial charge < -0.3 is 15.2 Å². The second kappa shape index (κ2) is 5.63. The molecule has 1 heterocycles. The van der Waals surface area contributed by atoms with E-state index in [1.807, 2.05) is 18.2 Å². The second-order valence-electron chi connectivity index (χ2n) is 6.11. The van der Waals surface area contributed by atoms with Crippen molar-refractivity contribution < 1.29 is 9.32 Å². The molecule has 0 bridgehead atoms. The van der Waals surface area contributed by atoms with Crippen molar-refractivity contribution in [2.24, 2.45) is 0 Å². The van der Waals surface area contributed by atoms with Crippen LogP contribution in [0.25, 0.3) is 10.8 Å². The molecule has 3 aromatic rings. The fraction of sp³-hybridized carbons (Fsp3) is 0.278. The Balaban J connectivity index is 1.55. The lowest BCUT2D eigenvalue weighted by Crippen LogP contribution is -2.31. The number of anilines is 1. The van der Waals surface area contributed by atoms with Crippen LogP contribution in [0.4, 0.5) is 10.5 Å². The van der Waals surface area contributed by atoms with Crippen LogP contribution in [0.15, 0.2) is 34.9 Å². The number of carbonyl (C=O) groups is 1. The number of hydrogen-bond acceptors (Lipinski definition) is 4. The van der Waals surface area contributed by atoms with Crippen LogP contribution in [0.3, 0.4) is 0 Å². The fourth-order valence-electron chi connectivity index (χ4n) is 3.26. The van der Waals surface area contributed by atoms with Crippen LogP contribution in [0.5, 0.6) is 0 Å². The third-order valence-corrected chi connectivity index (χ3v) is 4.39. The Kier molecular flexibility index (Phi) is 3.45. The maximum absolute atomic E-state index is 12.3. The number of nitrogens with zero attached hydrogens (tertiary/aromatic N) is 2. The van der Waals surface area contributed by atoms with Gasteiger partial charge in [-0.15, -0.1) is 0 Å². The quantitative estimate of drug-likeness (QED) is 0.773. The topological polar surface area (TPSA) is 80.0 Å². The molecular formula is C18H18N4O2. The predicted octanol–water partition coefficient (Wildman–Crippen LogP) is 3.51. The third-order valence-electron chi connectivity index (χ3n) is 4.39. The van der Waals surface area contributed by atoms with E-state index in [9.17, 15) is 4.79 Å². The normalized spacial score (nSPS) is 13.9. The zero-order valence-electron chi connectivity index (χ0n) is 13.6. The van der Waals surface area contributed by atoms with Crippen LogP contribution in [-0.2, 0) is 12.8 Å². The maximum atomic E-state index is 12.3. The Labute approximate surface area is 139 Å². The van der Waals surface area contributed by atoms with Crippen molar-refractivity contribution in [1.82, 2.24) is 15.5 Å². The van der Waals surface area contributed by atoms with Gasteiger partial charge in [-0.05, 0) is 49.3 Å². The van der Waals surface area contributed by atoms with Crippen molar-refractivity contribution in [2.45, 2.75) is 32.7 Å². The molecule has 0 unspecified atom stereocenters. The Hall–Kier alpha value is -2.89. The number of hydrogen-bond donors (Lipinski definition) is 2. The lowest BCUT2D eigenvalue weighted by molar-refractivity contribution is 0.245. The van der Waals surface area contributed by atoms with Gasteiger partial charge in [0, 0.05) is 5.39 Å². The van der Waals surface area contributed by atoms with Gasteiger partial charge in [0.25, 0.3) is 0 Å². The number of urea groups is 1. The summed E-state index contributed by atoms with van der Waals surface area (Å²) in [6, 6.07) is 9.66. The van der Waals surface area contributed by atoms with Crippen LogP contribution in [-0.4, -0.2) is 16.2 Å². The lowest BCUT2D eigenvalue weighted by Gasteiger charge is -2.13. The van der Waals surface area contributed by atoms with Crippen molar-refractivity contribution in [3.05, 3.63) is 53.2 Å². The van der Waals surface area contributed by atoms with E-state index < -0.39 is 0 Å². The predicted molar refractivity (Wildman–Crippen MR) is 91.0 cm³/mol. The van der Waals surface area contributed by atoms with Gasteiger partial charge in [-0.25, -0.2) is 4.79 Å². The van der Waals surface area contributed by atoms with E-state index in [0.29, 0.717) is 11.7 Å². The molecule has 0 saturated carbocycles. The molecule has 2 N–H and O–H groups in total. The van der Waals surface area contributed by atoms with Gasteiger partial charge in [0.2, 0.25) is 5.89 Å². The largest absolute Gasteiger partial charge is 0.337 e.